The van der Waals surface area contributed by atoms with Gasteiger partial charge in [0.25, 0.3) is 0 Å². The fourth-order valence-corrected chi connectivity index (χ4v) is 2.09. The molecule has 0 aromatic carbocycles. The molecular formula is C11H15NO6. The molecule has 0 spiro atoms. The number of hydrogen-bond acceptors (Lipinski definition) is 6. The summed E-state index contributed by atoms with van der Waals surface area (Å²) in [6.45, 7) is 0.990. The van der Waals surface area contributed by atoms with Gasteiger partial charge in [-0.2, -0.15) is 0 Å². The summed E-state index contributed by atoms with van der Waals surface area (Å²) in [5.74, 6) is -1.73. The van der Waals surface area contributed by atoms with E-state index in [1.807, 2.05) is 0 Å². The number of ketones is 1. The molecular weight excluding hydrogens is 242 g/mol. The molecule has 5 atom stereocenters. The zero-order chi connectivity index (χ0) is 13.4. The lowest BCUT2D eigenvalue weighted by atomic mass is 9.90. The number of amides is 1. The van der Waals surface area contributed by atoms with Crippen molar-refractivity contribution in [1.29, 1.82) is 0 Å². The molecule has 2 rings (SSSR count). The topological polar surface area (TPSA) is 116 Å². The molecule has 1 amide bonds. The van der Waals surface area contributed by atoms with Crippen molar-refractivity contribution in [3.05, 3.63) is 11.8 Å². The van der Waals surface area contributed by atoms with Gasteiger partial charge in [-0.3, -0.25) is 9.59 Å². The normalized spacial score (nSPS) is 40.7. The molecule has 2 aliphatic rings. The minimum Gasteiger partial charge on any atom is -0.394 e. The molecule has 0 radical (unpaired) electrons. The van der Waals surface area contributed by atoms with Crippen LogP contribution in [0.25, 0.3) is 0 Å². The predicted molar refractivity (Wildman–Crippen MR) is 58.2 cm³/mol. The fourth-order valence-electron chi connectivity index (χ4n) is 2.09. The summed E-state index contributed by atoms with van der Waals surface area (Å²) in [7, 11) is 0. The maximum Gasteiger partial charge on any atom is 0.234 e. The molecule has 7 heteroatoms. The Labute approximate surface area is 103 Å². The summed E-state index contributed by atoms with van der Waals surface area (Å²) >= 11 is 0. The van der Waals surface area contributed by atoms with Crippen LogP contribution in [0.2, 0.25) is 0 Å². The number of carbonyl (C=O) groups is 2. The van der Waals surface area contributed by atoms with E-state index in [0.29, 0.717) is 0 Å². The van der Waals surface area contributed by atoms with Gasteiger partial charge >= 0.3 is 0 Å². The van der Waals surface area contributed by atoms with Crippen LogP contribution < -0.4 is 5.32 Å². The number of carbonyl (C=O) groups excluding carboxylic acids is 2. The van der Waals surface area contributed by atoms with Crippen LogP contribution in [0.5, 0.6) is 0 Å². The number of nitrogens with one attached hydrogen (secondary N) is 1. The Kier molecular flexibility index (Phi) is 3.49. The summed E-state index contributed by atoms with van der Waals surface area (Å²) in [6, 6.07) is 0. The average molecular weight is 257 g/mol. The largest absolute Gasteiger partial charge is 0.394 e. The highest BCUT2D eigenvalue weighted by Gasteiger charge is 2.47. The first-order chi connectivity index (χ1) is 8.47. The van der Waals surface area contributed by atoms with Gasteiger partial charge in [0.2, 0.25) is 5.91 Å². The molecule has 1 saturated heterocycles. The Bertz CT molecular complexity index is 406. The Hall–Kier alpha value is -1.28. The van der Waals surface area contributed by atoms with Crippen LogP contribution in [0.3, 0.4) is 0 Å². The van der Waals surface area contributed by atoms with Crippen molar-refractivity contribution in [1.82, 2.24) is 5.32 Å². The molecule has 18 heavy (non-hydrogen) atoms. The van der Waals surface area contributed by atoms with Gasteiger partial charge in [-0.25, -0.2) is 0 Å². The molecule has 0 saturated carbocycles. The monoisotopic (exact) mass is 257 g/mol. The van der Waals surface area contributed by atoms with Gasteiger partial charge in [-0.1, -0.05) is 0 Å². The van der Waals surface area contributed by atoms with Crippen LogP contribution in [0.15, 0.2) is 11.8 Å². The minimum absolute atomic E-state index is 0.101. The second kappa shape index (κ2) is 4.77. The lowest BCUT2D eigenvalue weighted by Gasteiger charge is -2.23. The van der Waals surface area contributed by atoms with Gasteiger partial charge in [0, 0.05) is 11.8 Å². The molecule has 2 heterocycles. The molecule has 2 aliphatic heterocycles. The minimum atomic E-state index is -1.31. The molecule has 2 unspecified atom stereocenters. The van der Waals surface area contributed by atoms with E-state index in [4.69, 9.17) is 9.84 Å². The van der Waals surface area contributed by atoms with Crippen molar-refractivity contribution < 1.29 is 29.6 Å². The van der Waals surface area contributed by atoms with Gasteiger partial charge < -0.3 is 25.4 Å². The molecule has 100 valence electrons. The Morgan fingerprint density at radius 1 is 1.33 bits per heavy atom. The zero-order valence-electron chi connectivity index (χ0n) is 9.74. The maximum atomic E-state index is 11.9. The highest BCUT2D eigenvalue weighted by atomic mass is 16.6. The Balaban J connectivity index is 2.23. The first-order valence-corrected chi connectivity index (χ1v) is 5.64. The number of aliphatic hydroxyl groups excluding tert-OH is 3. The third-order valence-corrected chi connectivity index (χ3v) is 3.29. The van der Waals surface area contributed by atoms with Crippen molar-refractivity contribution in [2.45, 2.75) is 31.3 Å². The van der Waals surface area contributed by atoms with E-state index in [9.17, 15) is 19.8 Å². The quantitative estimate of drug-likeness (QED) is 0.413. The lowest BCUT2D eigenvalue weighted by Crippen LogP contribution is -2.43. The van der Waals surface area contributed by atoms with Crippen molar-refractivity contribution >= 4 is 11.7 Å². The smallest absolute Gasteiger partial charge is 0.234 e. The van der Waals surface area contributed by atoms with Gasteiger partial charge in [-0.15, -0.1) is 0 Å². The van der Waals surface area contributed by atoms with E-state index >= 15 is 0 Å². The van der Waals surface area contributed by atoms with Gasteiger partial charge in [0.15, 0.2) is 5.78 Å². The zero-order valence-corrected chi connectivity index (χ0v) is 9.74. The van der Waals surface area contributed by atoms with Crippen molar-refractivity contribution in [2.24, 2.45) is 5.92 Å². The van der Waals surface area contributed by atoms with Gasteiger partial charge in [-0.05, 0) is 6.92 Å². The second-order valence-corrected chi connectivity index (χ2v) is 4.45. The third kappa shape index (κ3) is 1.95. The molecule has 0 aliphatic carbocycles. The fraction of sp³-hybridized carbons (Fsp3) is 0.636. The van der Waals surface area contributed by atoms with Crippen molar-refractivity contribution in [3.63, 3.8) is 0 Å². The van der Waals surface area contributed by atoms with E-state index in [1.165, 1.54) is 13.1 Å². The summed E-state index contributed by atoms with van der Waals surface area (Å²) in [6.07, 6.45) is -3.36. The average Bonchev–Trinajstić information content (AvgIpc) is 2.64. The molecule has 7 nitrogen and oxygen atoms in total. The van der Waals surface area contributed by atoms with E-state index in [-0.39, 0.29) is 5.57 Å². The van der Waals surface area contributed by atoms with Gasteiger partial charge in [0.1, 0.15) is 24.4 Å². The van der Waals surface area contributed by atoms with Crippen LogP contribution in [-0.4, -0.2) is 58.0 Å². The first kappa shape index (κ1) is 13.2. The number of rotatable bonds is 2. The Morgan fingerprint density at radius 3 is 2.56 bits per heavy atom. The number of aliphatic hydroxyl groups is 3. The highest BCUT2D eigenvalue weighted by molar-refractivity contribution is 6.12. The van der Waals surface area contributed by atoms with Crippen LogP contribution in [0, 0.1) is 5.92 Å². The summed E-state index contributed by atoms with van der Waals surface area (Å²) in [5.41, 5.74) is 0.101. The SMILES string of the molecule is CC1C(=O)NC=C([C@@H]2O[C@H](CO)C(O)[C@@H]2O)C1=O. The molecule has 0 aromatic heterocycles. The van der Waals surface area contributed by atoms with Crippen molar-refractivity contribution in [2.75, 3.05) is 6.61 Å². The summed E-state index contributed by atoms with van der Waals surface area (Å²) < 4.78 is 5.24. The van der Waals surface area contributed by atoms with E-state index < -0.39 is 48.6 Å². The standard InChI is InChI=1S/C11H15NO6/c1-4-7(14)5(2-12-11(4)17)10-9(16)8(15)6(3-13)18-10/h2,4,6,8-10,13,15-16H,3H2,1H3,(H,12,17)/t4?,6-,8?,9+,10+/m1/s1. The lowest BCUT2D eigenvalue weighted by molar-refractivity contribution is -0.133. The first-order valence-electron chi connectivity index (χ1n) is 5.64. The molecule has 1 fully saturated rings. The van der Waals surface area contributed by atoms with E-state index in [0.717, 1.165) is 0 Å². The molecule has 4 N–H and O–H groups in total. The second-order valence-electron chi connectivity index (χ2n) is 4.45. The van der Waals surface area contributed by atoms with E-state index in [1.54, 1.807) is 0 Å². The van der Waals surface area contributed by atoms with E-state index in [2.05, 4.69) is 5.32 Å². The number of Topliss-reactive ketones (excluding diaryl/α,β-unsaturated/α-hetero) is 1. The third-order valence-electron chi connectivity index (χ3n) is 3.29. The van der Waals surface area contributed by atoms with Crippen molar-refractivity contribution in [3.8, 4) is 0 Å². The maximum absolute atomic E-state index is 11.9. The highest BCUT2D eigenvalue weighted by Crippen LogP contribution is 2.29. The van der Waals surface area contributed by atoms with Gasteiger partial charge in [0.05, 0.1) is 12.5 Å². The van der Waals surface area contributed by atoms with Crippen LogP contribution in [-0.2, 0) is 14.3 Å². The molecule has 0 bridgehead atoms. The molecule has 0 aromatic rings. The predicted octanol–water partition coefficient (Wildman–Crippen LogP) is -2.31. The van der Waals surface area contributed by atoms with Crippen LogP contribution >= 0.6 is 0 Å². The van der Waals surface area contributed by atoms with Crippen LogP contribution in [0.4, 0.5) is 0 Å². The number of ether oxygens (including phenoxy) is 1. The summed E-state index contributed by atoms with van der Waals surface area (Å²) in [4.78, 5) is 23.2. The number of hydrogen-bond donors (Lipinski definition) is 4. The van der Waals surface area contributed by atoms with Crippen LogP contribution in [0.1, 0.15) is 6.92 Å². The summed E-state index contributed by atoms with van der Waals surface area (Å²) in [5, 5.41) is 30.8. The Morgan fingerprint density at radius 2 is 2.00 bits per heavy atom.